The van der Waals surface area contributed by atoms with E-state index in [1.165, 1.54) is 4.57 Å². The second kappa shape index (κ2) is 9.19. The van der Waals surface area contributed by atoms with E-state index < -0.39 is 22.1 Å². The molecular weight excluding hydrogens is 455 g/mol. The number of pyridine rings is 1. The van der Waals surface area contributed by atoms with E-state index in [0.717, 1.165) is 12.4 Å². The third-order valence-electron chi connectivity index (χ3n) is 5.20. The highest BCUT2D eigenvalue weighted by Gasteiger charge is 2.35. The summed E-state index contributed by atoms with van der Waals surface area (Å²) in [7, 11) is 0. The second-order valence-electron chi connectivity index (χ2n) is 7.39. The van der Waals surface area contributed by atoms with Crippen molar-refractivity contribution in [1.82, 2.24) is 24.8 Å². The Morgan fingerprint density at radius 2 is 2.12 bits per heavy atom. The third-order valence-corrected chi connectivity index (χ3v) is 5.99. The molecule has 174 valence electrons. The summed E-state index contributed by atoms with van der Waals surface area (Å²) < 4.78 is 20.1. The van der Waals surface area contributed by atoms with Gasteiger partial charge < -0.3 is 20.1 Å². The summed E-state index contributed by atoms with van der Waals surface area (Å²) in [5.41, 5.74) is -0.833. The van der Waals surface area contributed by atoms with E-state index in [-0.39, 0.29) is 39.6 Å². The Balaban J connectivity index is 1.66. The molecule has 0 aliphatic carbocycles. The number of amides is 1. The molecule has 1 aliphatic heterocycles. The van der Waals surface area contributed by atoms with Gasteiger partial charge in [0, 0.05) is 32.4 Å². The summed E-state index contributed by atoms with van der Waals surface area (Å²) in [6, 6.07) is 0. The van der Waals surface area contributed by atoms with Crippen LogP contribution in [0.3, 0.4) is 0 Å². The fourth-order valence-corrected chi connectivity index (χ4v) is 4.13. The number of hydrogen-bond donors (Lipinski definition) is 2. The van der Waals surface area contributed by atoms with E-state index in [1.54, 1.807) is 11.8 Å². The topological polar surface area (TPSA) is 140 Å². The fourth-order valence-electron chi connectivity index (χ4n) is 3.51. The van der Waals surface area contributed by atoms with Crippen LogP contribution in [0.1, 0.15) is 23.0 Å². The second-order valence-corrected chi connectivity index (χ2v) is 8.35. The summed E-state index contributed by atoms with van der Waals surface area (Å²) in [5, 5.41) is 11.8. The number of carbonyl (C=O) groups excluding carboxylic acids is 1. The van der Waals surface area contributed by atoms with E-state index in [9.17, 15) is 23.9 Å². The molecule has 1 amide bonds. The Hall–Kier alpha value is -3.45. The maximum absolute atomic E-state index is 13.6. The maximum Gasteiger partial charge on any atom is 0.341 e. The van der Waals surface area contributed by atoms with Gasteiger partial charge in [0.25, 0.3) is 0 Å². The summed E-state index contributed by atoms with van der Waals surface area (Å²) in [6.07, 6.45) is 2.09. The van der Waals surface area contributed by atoms with E-state index >= 15 is 0 Å². The van der Waals surface area contributed by atoms with Crippen molar-refractivity contribution in [3.63, 3.8) is 0 Å². The zero-order valence-corrected chi connectivity index (χ0v) is 18.7. The first-order valence-corrected chi connectivity index (χ1v) is 11.0. The number of rotatable bonds is 8. The van der Waals surface area contributed by atoms with Gasteiger partial charge in [-0.25, -0.2) is 14.8 Å². The zero-order valence-electron chi connectivity index (χ0n) is 17.9. The summed E-state index contributed by atoms with van der Waals surface area (Å²) in [4.78, 5) is 51.2. The standard InChI is InChI=1S/C20H21FN6O5S/c1-3-32-5-4-22-17(29)11-7-26(8-11)19-24-10(2)14-15(28)12(18(30)31)9-27(16(14)25-19)20-23-6-13(21)33-20/h6,9,11H,3-5,7-8H2,1-2H3,(H,22,29)(H,30,31). The third kappa shape index (κ3) is 4.41. The van der Waals surface area contributed by atoms with Crippen LogP contribution in [-0.4, -0.2) is 69.4 Å². The lowest BCUT2D eigenvalue weighted by Gasteiger charge is -2.38. The monoisotopic (exact) mass is 476 g/mol. The number of fused-ring (bicyclic) bond motifs is 1. The van der Waals surface area contributed by atoms with E-state index in [4.69, 9.17) is 4.74 Å². The van der Waals surface area contributed by atoms with Crippen molar-refractivity contribution in [3.05, 3.63) is 39.0 Å². The molecule has 13 heteroatoms. The van der Waals surface area contributed by atoms with E-state index in [2.05, 4.69) is 20.3 Å². The number of anilines is 1. The summed E-state index contributed by atoms with van der Waals surface area (Å²) >= 11 is 0.690. The molecule has 0 radical (unpaired) electrons. The minimum atomic E-state index is -1.42. The molecule has 0 spiro atoms. The number of halogens is 1. The average molecular weight is 476 g/mol. The molecule has 0 bridgehead atoms. The first kappa shape index (κ1) is 22.7. The summed E-state index contributed by atoms with van der Waals surface area (Å²) in [5.74, 6) is -1.47. The highest BCUT2D eigenvalue weighted by atomic mass is 32.1. The number of thiazole rings is 1. The molecule has 0 unspecified atom stereocenters. The minimum absolute atomic E-state index is 0.0139. The molecule has 11 nitrogen and oxygen atoms in total. The van der Waals surface area contributed by atoms with Crippen LogP contribution in [0, 0.1) is 18.0 Å². The summed E-state index contributed by atoms with van der Waals surface area (Å²) in [6.45, 7) is 5.67. The predicted octanol–water partition coefficient (Wildman–Crippen LogP) is 0.972. The van der Waals surface area contributed by atoms with Gasteiger partial charge in [0.15, 0.2) is 15.9 Å². The molecule has 1 aliphatic rings. The Morgan fingerprint density at radius 3 is 2.76 bits per heavy atom. The molecule has 4 heterocycles. The zero-order chi connectivity index (χ0) is 23.7. The number of carboxylic acids is 1. The molecule has 3 aromatic heterocycles. The van der Waals surface area contributed by atoms with Crippen molar-refractivity contribution < 1.29 is 23.8 Å². The largest absolute Gasteiger partial charge is 0.477 e. The molecular formula is C20H21FN6O5S. The highest BCUT2D eigenvalue weighted by Crippen LogP contribution is 2.26. The van der Waals surface area contributed by atoms with Crippen LogP contribution in [0.4, 0.5) is 10.3 Å². The van der Waals surface area contributed by atoms with Gasteiger partial charge in [0.05, 0.1) is 29.8 Å². The minimum Gasteiger partial charge on any atom is -0.477 e. The number of carbonyl (C=O) groups is 2. The van der Waals surface area contributed by atoms with Gasteiger partial charge in [-0.2, -0.15) is 9.37 Å². The van der Waals surface area contributed by atoms with Gasteiger partial charge >= 0.3 is 5.97 Å². The number of hydrogen-bond acceptors (Lipinski definition) is 9. The number of ether oxygens (including phenoxy) is 1. The van der Waals surface area contributed by atoms with E-state index in [1.807, 2.05) is 6.92 Å². The van der Waals surface area contributed by atoms with Crippen molar-refractivity contribution in [3.8, 4) is 5.13 Å². The van der Waals surface area contributed by atoms with Crippen LogP contribution in [0.25, 0.3) is 16.2 Å². The smallest absolute Gasteiger partial charge is 0.341 e. The SMILES string of the molecule is CCOCCNC(=O)C1CN(c2nc(C)c3c(=O)c(C(=O)O)cn(-c4ncc(F)s4)c3n2)C1. The van der Waals surface area contributed by atoms with Gasteiger partial charge in [0.2, 0.25) is 17.3 Å². The molecule has 1 saturated heterocycles. The molecule has 0 atom stereocenters. The Morgan fingerprint density at radius 1 is 1.36 bits per heavy atom. The van der Waals surface area contributed by atoms with E-state index in [0.29, 0.717) is 44.2 Å². The molecule has 2 N–H and O–H groups in total. The Kier molecular flexibility index (Phi) is 6.33. The molecule has 0 aromatic carbocycles. The Bertz CT molecular complexity index is 1290. The first-order valence-electron chi connectivity index (χ1n) is 10.2. The molecule has 1 fully saturated rings. The lowest BCUT2D eigenvalue weighted by molar-refractivity contribution is -0.125. The normalized spacial score (nSPS) is 13.8. The number of aryl methyl sites for hydroxylation is 1. The average Bonchev–Trinajstić information content (AvgIpc) is 3.16. The number of nitrogens with one attached hydrogen (secondary N) is 1. The van der Waals surface area contributed by atoms with Gasteiger partial charge in [-0.15, -0.1) is 0 Å². The van der Waals surface area contributed by atoms with Crippen molar-refractivity contribution in [2.24, 2.45) is 5.92 Å². The predicted molar refractivity (Wildman–Crippen MR) is 118 cm³/mol. The first-order chi connectivity index (χ1) is 15.8. The number of carboxylic acid groups (broad SMARTS) is 1. The van der Waals surface area contributed by atoms with Crippen LogP contribution < -0.4 is 15.6 Å². The van der Waals surface area contributed by atoms with Crippen LogP contribution in [-0.2, 0) is 9.53 Å². The van der Waals surface area contributed by atoms with Gasteiger partial charge in [-0.3, -0.25) is 14.2 Å². The van der Waals surface area contributed by atoms with Crippen molar-refractivity contribution in [1.29, 1.82) is 0 Å². The molecule has 33 heavy (non-hydrogen) atoms. The molecule has 0 saturated carbocycles. The fraction of sp³-hybridized carbons (Fsp3) is 0.400. The lowest BCUT2D eigenvalue weighted by atomic mass is 10.00. The number of aromatic carboxylic acids is 1. The van der Waals surface area contributed by atoms with Gasteiger partial charge in [-0.1, -0.05) is 11.3 Å². The number of nitrogens with zero attached hydrogens (tertiary/aromatic N) is 5. The van der Waals surface area contributed by atoms with Crippen LogP contribution >= 0.6 is 11.3 Å². The van der Waals surface area contributed by atoms with Crippen molar-refractivity contribution in [2.75, 3.05) is 37.7 Å². The van der Waals surface area contributed by atoms with Crippen molar-refractivity contribution >= 4 is 40.2 Å². The highest BCUT2D eigenvalue weighted by molar-refractivity contribution is 7.12. The van der Waals surface area contributed by atoms with Crippen LogP contribution in [0.15, 0.2) is 17.2 Å². The molecule has 3 aromatic rings. The van der Waals surface area contributed by atoms with Crippen LogP contribution in [0.5, 0.6) is 0 Å². The van der Waals surface area contributed by atoms with Gasteiger partial charge in [0.1, 0.15) is 5.56 Å². The van der Waals surface area contributed by atoms with Crippen molar-refractivity contribution in [2.45, 2.75) is 13.8 Å². The number of aromatic nitrogens is 4. The van der Waals surface area contributed by atoms with Gasteiger partial charge in [-0.05, 0) is 13.8 Å². The Labute approximate surface area is 190 Å². The van der Waals surface area contributed by atoms with Crippen LogP contribution in [0.2, 0.25) is 0 Å². The molecule has 4 rings (SSSR count). The lowest BCUT2D eigenvalue weighted by Crippen LogP contribution is -2.54. The quantitative estimate of drug-likeness (QED) is 0.455. The maximum atomic E-state index is 13.6.